The van der Waals surface area contributed by atoms with Crippen LogP contribution in [0, 0.1) is 0 Å². The second-order valence-corrected chi connectivity index (χ2v) is 5.11. The van der Waals surface area contributed by atoms with Crippen LogP contribution in [0.5, 0.6) is 5.75 Å². The molecule has 20 heavy (non-hydrogen) atoms. The molecule has 112 valence electrons. The molecule has 0 saturated heterocycles. The molecule has 1 aromatic carbocycles. The second kappa shape index (κ2) is 8.12. The molecule has 0 aliphatic carbocycles. The highest BCUT2D eigenvalue weighted by atomic mass is 35.5. The van der Waals surface area contributed by atoms with Crippen LogP contribution in [0.4, 0.5) is 0 Å². The van der Waals surface area contributed by atoms with Crippen LogP contribution < -0.4 is 10.1 Å². The number of hydrogen-bond donors (Lipinski definition) is 2. The largest absolute Gasteiger partial charge is 0.494 e. The molecule has 0 unspecified atom stereocenters. The molecule has 4 nitrogen and oxygen atoms in total. The molecule has 0 atom stereocenters. The van der Waals surface area contributed by atoms with E-state index in [2.05, 4.69) is 5.32 Å². The maximum Gasteiger partial charge on any atom is 0.323 e. The van der Waals surface area contributed by atoms with Crippen molar-refractivity contribution in [1.29, 1.82) is 0 Å². The molecule has 0 saturated carbocycles. The fourth-order valence-electron chi connectivity index (χ4n) is 2.00. The van der Waals surface area contributed by atoms with E-state index in [9.17, 15) is 9.90 Å². The average Bonchev–Trinajstić information content (AvgIpc) is 2.45. The summed E-state index contributed by atoms with van der Waals surface area (Å²) in [7, 11) is 0. The average molecular weight is 300 g/mol. The molecule has 5 heteroatoms. The summed E-state index contributed by atoms with van der Waals surface area (Å²) >= 11 is 5.79. The zero-order valence-corrected chi connectivity index (χ0v) is 12.7. The van der Waals surface area contributed by atoms with Crippen molar-refractivity contribution < 1.29 is 14.6 Å². The van der Waals surface area contributed by atoms with E-state index >= 15 is 0 Å². The van der Waals surface area contributed by atoms with Crippen molar-refractivity contribution in [2.75, 3.05) is 13.2 Å². The Bertz CT molecular complexity index is 416. The molecule has 0 heterocycles. The summed E-state index contributed by atoms with van der Waals surface area (Å²) in [4.78, 5) is 11.3. The van der Waals surface area contributed by atoms with Crippen LogP contribution >= 0.6 is 11.6 Å². The zero-order chi connectivity index (χ0) is 15.0. The van der Waals surface area contributed by atoms with Crippen LogP contribution in [0.2, 0.25) is 5.02 Å². The third-order valence-electron chi connectivity index (χ3n) is 3.48. The number of benzene rings is 1. The molecule has 1 rings (SSSR count). The summed E-state index contributed by atoms with van der Waals surface area (Å²) in [5, 5.41) is 13.1. The number of hydrogen-bond acceptors (Lipinski definition) is 3. The zero-order valence-electron chi connectivity index (χ0n) is 12.0. The van der Waals surface area contributed by atoms with E-state index in [0.717, 1.165) is 12.2 Å². The first-order chi connectivity index (χ1) is 9.54. The molecule has 0 amide bonds. The molecule has 0 bridgehead atoms. The summed E-state index contributed by atoms with van der Waals surface area (Å²) in [6.45, 7) is 4.92. The Morgan fingerprint density at radius 3 is 2.40 bits per heavy atom. The third-order valence-corrected chi connectivity index (χ3v) is 3.74. The van der Waals surface area contributed by atoms with Crippen LogP contribution in [0.1, 0.15) is 33.1 Å². The van der Waals surface area contributed by atoms with Gasteiger partial charge in [0.05, 0.1) is 6.61 Å². The highest BCUT2D eigenvalue weighted by molar-refractivity contribution is 6.30. The second-order valence-electron chi connectivity index (χ2n) is 4.68. The molecule has 0 spiro atoms. The molecule has 0 aliphatic rings. The number of nitrogens with one attached hydrogen (secondary N) is 1. The molecule has 0 aliphatic heterocycles. The van der Waals surface area contributed by atoms with E-state index < -0.39 is 11.5 Å². The molecule has 2 N–H and O–H groups in total. The van der Waals surface area contributed by atoms with Crippen molar-refractivity contribution in [2.45, 2.75) is 38.6 Å². The smallest absolute Gasteiger partial charge is 0.323 e. The number of rotatable bonds is 9. The lowest BCUT2D eigenvalue weighted by atomic mass is 9.93. The summed E-state index contributed by atoms with van der Waals surface area (Å²) in [5.74, 6) is -0.0222. The topological polar surface area (TPSA) is 58.6 Å². The fraction of sp³-hybridized carbons (Fsp3) is 0.533. The highest BCUT2D eigenvalue weighted by Gasteiger charge is 2.33. The number of carboxylic acid groups (broad SMARTS) is 1. The Hall–Kier alpha value is -1.26. The standard InChI is InChI=1S/C15H22ClNO3/c1-3-15(4-2,14(18)19)17-10-5-11-20-13-8-6-12(16)7-9-13/h6-9,17H,3-5,10-11H2,1-2H3,(H,18,19). The molecule has 0 radical (unpaired) electrons. The van der Waals surface area contributed by atoms with Gasteiger partial charge < -0.3 is 15.2 Å². The fourth-order valence-corrected chi connectivity index (χ4v) is 2.12. The molecular weight excluding hydrogens is 278 g/mol. The van der Waals surface area contributed by atoms with Gasteiger partial charge in [0, 0.05) is 5.02 Å². The lowest BCUT2D eigenvalue weighted by molar-refractivity contribution is -0.145. The lowest BCUT2D eigenvalue weighted by Crippen LogP contribution is -2.51. The minimum atomic E-state index is -0.819. The van der Waals surface area contributed by atoms with Crippen LogP contribution in [0.3, 0.4) is 0 Å². The minimum absolute atomic E-state index is 0.539. The first-order valence-corrected chi connectivity index (χ1v) is 7.28. The number of ether oxygens (including phenoxy) is 1. The summed E-state index contributed by atoms with van der Waals surface area (Å²) in [6.07, 6.45) is 1.88. The molecule has 0 aromatic heterocycles. The lowest BCUT2D eigenvalue weighted by Gasteiger charge is -2.28. The van der Waals surface area contributed by atoms with Crippen LogP contribution in [0.15, 0.2) is 24.3 Å². The van der Waals surface area contributed by atoms with E-state index in [1.54, 1.807) is 12.1 Å². The van der Waals surface area contributed by atoms with Gasteiger partial charge in [0.15, 0.2) is 0 Å². The number of carbonyl (C=O) groups is 1. The van der Waals surface area contributed by atoms with E-state index in [4.69, 9.17) is 16.3 Å². The number of aliphatic carboxylic acids is 1. The Kier molecular flexibility index (Phi) is 6.82. The first kappa shape index (κ1) is 16.8. The SMILES string of the molecule is CCC(CC)(NCCCOc1ccc(Cl)cc1)C(=O)O. The van der Waals surface area contributed by atoms with Crippen molar-refractivity contribution >= 4 is 17.6 Å². The van der Waals surface area contributed by atoms with Crippen molar-refractivity contribution in [2.24, 2.45) is 0 Å². The van der Waals surface area contributed by atoms with Gasteiger partial charge in [-0.25, -0.2) is 0 Å². The minimum Gasteiger partial charge on any atom is -0.494 e. The summed E-state index contributed by atoms with van der Waals surface area (Å²) < 4.78 is 5.56. The van der Waals surface area contributed by atoms with E-state index in [0.29, 0.717) is 31.0 Å². The third kappa shape index (κ3) is 4.69. The van der Waals surface area contributed by atoms with Gasteiger partial charge in [0.1, 0.15) is 11.3 Å². The molecular formula is C15H22ClNO3. The maximum absolute atomic E-state index is 11.3. The molecule has 0 fully saturated rings. The van der Waals surface area contributed by atoms with Crippen molar-refractivity contribution in [3.63, 3.8) is 0 Å². The van der Waals surface area contributed by atoms with Crippen LogP contribution in [-0.2, 0) is 4.79 Å². The van der Waals surface area contributed by atoms with Gasteiger partial charge in [0.2, 0.25) is 0 Å². The van der Waals surface area contributed by atoms with Gasteiger partial charge in [-0.3, -0.25) is 4.79 Å². The van der Waals surface area contributed by atoms with Gasteiger partial charge in [-0.05, 0) is 50.1 Å². The Balaban J connectivity index is 2.30. The predicted octanol–water partition coefficient (Wildman–Crippen LogP) is 3.34. The Morgan fingerprint density at radius 1 is 1.30 bits per heavy atom. The highest BCUT2D eigenvalue weighted by Crippen LogP contribution is 2.16. The van der Waals surface area contributed by atoms with Gasteiger partial charge in [-0.2, -0.15) is 0 Å². The van der Waals surface area contributed by atoms with Gasteiger partial charge >= 0.3 is 5.97 Å². The van der Waals surface area contributed by atoms with Gasteiger partial charge in [-0.1, -0.05) is 25.4 Å². The van der Waals surface area contributed by atoms with E-state index in [1.165, 1.54) is 0 Å². The van der Waals surface area contributed by atoms with Crippen LogP contribution in [0.25, 0.3) is 0 Å². The summed E-state index contributed by atoms with van der Waals surface area (Å²) in [6, 6.07) is 7.18. The van der Waals surface area contributed by atoms with Crippen molar-refractivity contribution in [3.8, 4) is 5.75 Å². The Labute approximate surface area is 125 Å². The van der Waals surface area contributed by atoms with E-state index in [-0.39, 0.29) is 0 Å². The summed E-state index contributed by atoms with van der Waals surface area (Å²) in [5.41, 5.74) is -0.819. The maximum atomic E-state index is 11.3. The van der Waals surface area contributed by atoms with Crippen molar-refractivity contribution in [1.82, 2.24) is 5.32 Å². The quantitative estimate of drug-likeness (QED) is 0.687. The van der Waals surface area contributed by atoms with Gasteiger partial charge in [0.25, 0.3) is 0 Å². The Morgan fingerprint density at radius 2 is 1.90 bits per heavy atom. The molecule has 1 aromatic rings. The monoisotopic (exact) mass is 299 g/mol. The predicted molar refractivity (Wildman–Crippen MR) is 80.5 cm³/mol. The number of halogens is 1. The van der Waals surface area contributed by atoms with Crippen molar-refractivity contribution in [3.05, 3.63) is 29.3 Å². The van der Waals surface area contributed by atoms with Gasteiger partial charge in [-0.15, -0.1) is 0 Å². The number of carboxylic acids is 1. The van der Waals surface area contributed by atoms with Crippen LogP contribution in [-0.4, -0.2) is 29.8 Å². The first-order valence-electron chi connectivity index (χ1n) is 6.91. The van der Waals surface area contributed by atoms with E-state index in [1.807, 2.05) is 26.0 Å². The normalized spacial score (nSPS) is 11.3.